The second kappa shape index (κ2) is 9.40. The van der Waals surface area contributed by atoms with Gasteiger partial charge in [0.1, 0.15) is 6.61 Å². The summed E-state index contributed by atoms with van der Waals surface area (Å²) in [5.41, 5.74) is 0. The molecule has 1 saturated heterocycles. The predicted octanol–water partition coefficient (Wildman–Crippen LogP) is 2.43. The Morgan fingerprint density at radius 2 is 1.91 bits per heavy atom. The Balaban J connectivity index is 1.66. The number of alkyl halides is 2. The van der Waals surface area contributed by atoms with Crippen LogP contribution in [0.5, 0.6) is 0 Å². The van der Waals surface area contributed by atoms with Gasteiger partial charge in [0.2, 0.25) is 5.91 Å². The maximum Gasteiger partial charge on any atom is 0.261 e. The number of ether oxygens (including phenoxy) is 1. The summed E-state index contributed by atoms with van der Waals surface area (Å²) in [5, 5.41) is 2.96. The van der Waals surface area contributed by atoms with Crippen LogP contribution >= 0.6 is 0 Å². The summed E-state index contributed by atoms with van der Waals surface area (Å²) in [7, 11) is 0. The average molecular weight is 318 g/mol. The second-order valence-electron chi connectivity index (χ2n) is 6.38. The van der Waals surface area contributed by atoms with Crippen LogP contribution in [0.25, 0.3) is 0 Å². The van der Waals surface area contributed by atoms with Crippen LogP contribution in [0, 0.1) is 5.92 Å². The largest absolute Gasteiger partial charge is 0.375 e. The Bertz CT molecular complexity index is 336. The van der Waals surface area contributed by atoms with Gasteiger partial charge in [-0.3, -0.25) is 4.79 Å². The molecule has 1 N–H and O–H groups in total. The standard InChI is InChI=1S/C16H28F2N2O2/c17-15(18)12-22-10-7-16(21)19-11-13-5-1-2-6-14(13)20-8-3-4-9-20/h13-15H,1-12H2,(H,19,21). The highest BCUT2D eigenvalue weighted by atomic mass is 19.3. The highest BCUT2D eigenvalue weighted by Gasteiger charge is 2.31. The van der Waals surface area contributed by atoms with Crippen LogP contribution in [0.2, 0.25) is 0 Å². The number of nitrogens with zero attached hydrogens (tertiary/aromatic N) is 1. The molecule has 1 aliphatic carbocycles. The summed E-state index contributed by atoms with van der Waals surface area (Å²) in [6.07, 6.45) is 5.20. The molecular weight excluding hydrogens is 290 g/mol. The zero-order valence-corrected chi connectivity index (χ0v) is 13.2. The molecule has 1 saturated carbocycles. The van der Waals surface area contributed by atoms with Crippen molar-refractivity contribution in [2.75, 3.05) is 32.8 Å². The van der Waals surface area contributed by atoms with Gasteiger partial charge in [0.05, 0.1) is 6.61 Å². The maximum atomic E-state index is 11.9. The van der Waals surface area contributed by atoms with Gasteiger partial charge in [-0.05, 0) is 44.7 Å². The van der Waals surface area contributed by atoms with Gasteiger partial charge in [-0.1, -0.05) is 12.8 Å². The Morgan fingerprint density at radius 1 is 1.18 bits per heavy atom. The molecular formula is C16H28F2N2O2. The Morgan fingerprint density at radius 3 is 2.64 bits per heavy atom. The highest BCUT2D eigenvalue weighted by molar-refractivity contribution is 5.75. The van der Waals surface area contributed by atoms with Crippen LogP contribution in [-0.2, 0) is 9.53 Å². The first-order chi connectivity index (χ1) is 10.7. The van der Waals surface area contributed by atoms with Crippen molar-refractivity contribution in [3.63, 3.8) is 0 Å². The van der Waals surface area contributed by atoms with Crippen molar-refractivity contribution in [2.45, 2.75) is 57.4 Å². The van der Waals surface area contributed by atoms with Crippen molar-refractivity contribution in [3.8, 4) is 0 Å². The fraction of sp³-hybridized carbons (Fsp3) is 0.938. The molecule has 22 heavy (non-hydrogen) atoms. The molecule has 0 radical (unpaired) electrons. The van der Waals surface area contributed by atoms with Gasteiger partial charge in [0, 0.05) is 19.0 Å². The molecule has 2 atom stereocenters. The summed E-state index contributed by atoms with van der Waals surface area (Å²) in [6, 6.07) is 0.603. The summed E-state index contributed by atoms with van der Waals surface area (Å²) in [4.78, 5) is 14.4. The first-order valence-electron chi connectivity index (χ1n) is 8.53. The van der Waals surface area contributed by atoms with Crippen LogP contribution in [0.3, 0.4) is 0 Å². The van der Waals surface area contributed by atoms with Crippen molar-refractivity contribution < 1.29 is 18.3 Å². The van der Waals surface area contributed by atoms with Crippen LogP contribution in [-0.4, -0.2) is 56.1 Å². The molecule has 0 aromatic heterocycles. The number of carbonyl (C=O) groups is 1. The first kappa shape index (κ1) is 17.6. The summed E-state index contributed by atoms with van der Waals surface area (Å²) < 4.78 is 28.6. The number of amides is 1. The summed E-state index contributed by atoms with van der Waals surface area (Å²) in [5.74, 6) is 0.429. The van der Waals surface area contributed by atoms with E-state index in [1.807, 2.05) is 0 Å². The third-order valence-electron chi connectivity index (χ3n) is 4.76. The van der Waals surface area contributed by atoms with Gasteiger partial charge in [-0.15, -0.1) is 0 Å². The number of nitrogens with one attached hydrogen (secondary N) is 1. The number of halogens is 2. The molecule has 2 unspecified atom stereocenters. The Kier molecular flexibility index (Phi) is 7.52. The third-order valence-corrected chi connectivity index (χ3v) is 4.76. The molecule has 1 aliphatic heterocycles. The van der Waals surface area contributed by atoms with Crippen molar-refractivity contribution in [1.82, 2.24) is 10.2 Å². The minimum Gasteiger partial charge on any atom is -0.375 e. The lowest BCUT2D eigenvalue weighted by atomic mass is 9.83. The predicted molar refractivity (Wildman–Crippen MR) is 81.0 cm³/mol. The van der Waals surface area contributed by atoms with E-state index in [1.165, 1.54) is 51.6 Å². The number of hydrogen-bond acceptors (Lipinski definition) is 3. The van der Waals surface area contributed by atoms with Gasteiger partial charge >= 0.3 is 0 Å². The first-order valence-corrected chi connectivity index (χ1v) is 8.53. The van der Waals surface area contributed by atoms with Crippen molar-refractivity contribution in [3.05, 3.63) is 0 Å². The molecule has 2 fully saturated rings. The topological polar surface area (TPSA) is 41.6 Å². The smallest absolute Gasteiger partial charge is 0.261 e. The minimum atomic E-state index is -2.47. The lowest BCUT2D eigenvalue weighted by Crippen LogP contribution is -2.45. The van der Waals surface area contributed by atoms with E-state index in [0.717, 1.165) is 0 Å². The average Bonchev–Trinajstić information content (AvgIpc) is 3.04. The van der Waals surface area contributed by atoms with E-state index in [-0.39, 0.29) is 18.9 Å². The fourth-order valence-electron chi connectivity index (χ4n) is 3.65. The monoisotopic (exact) mass is 318 g/mol. The summed E-state index contributed by atoms with van der Waals surface area (Å²) in [6.45, 7) is 2.56. The Labute approximate surface area is 131 Å². The molecule has 0 aromatic rings. The second-order valence-corrected chi connectivity index (χ2v) is 6.38. The normalized spacial score (nSPS) is 26.5. The third kappa shape index (κ3) is 5.80. The van der Waals surface area contributed by atoms with E-state index >= 15 is 0 Å². The maximum absolute atomic E-state index is 11.9. The van der Waals surface area contributed by atoms with Gasteiger partial charge in [0.25, 0.3) is 6.43 Å². The lowest BCUT2D eigenvalue weighted by Gasteiger charge is -2.38. The molecule has 6 heteroatoms. The molecule has 2 aliphatic rings. The van der Waals surface area contributed by atoms with Gasteiger partial charge < -0.3 is 15.0 Å². The van der Waals surface area contributed by atoms with Crippen LogP contribution in [0.4, 0.5) is 8.78 Å². The van der Waals surface area contributed by atoms with Crippen molar-refractivity contribution in [2.24, 2.45) is 5.92 Å². The molecule has 2 rings (SSSR count). The molecule has 0 aromatic carbocycles. The van der Waals surface area contributed by atoms with E-state index < -0.39 is 13.0 Å². The van der Waals surface area contributed by atoms with Crippen molar-refractivity contribution in [1.29, 1.82) is 0 Å². The van der Waals surface area contributed by atoms with Gasteiger partial charge in [-0.2, -0.15) is 0 Å². The quantitative estimate of drug-likeness (QED) is 0.699. The van der Waals surface area contributed by atoms with E-state index in [2.05, 4.69) is 10.2 Å². The number of likely N-dealkylation sites (tertiary alicyclic amines) is 1. The Hall–Kier alpha value is -0.750. The zero-order valence-electron chi connectivity index (χ0n) is 13.2. The van der Waals surface area contributed by atoms with E-state index in [4.69, 9.17) is 4.74 Å². The van der Waals surface area contributed by atoms with E-state index in [9.17, 15) is 13.6 Å². The molecule has 0 bridgehead atoms. The van der Waals surface area contributed by atoms with Gasteiger partial charge in [0.15, 0.2) is 0 Å². The lowest BCUT2D eigenvalue weighted by molar-refractivity contribution is -0.122. The molecule has 1 heterocycles. The number of rotatable bonds is 8. The van der Waals surface area contributed by atoms with Crippen LogP contribution < -0.4 is 5.32 Å². The van der Waals surface area contributed by atoms with Crippen LogP contribution in [0.1, 0.15) is 44.9 Å². The number of carbonyl (C=O) groups excluding carboxylic acids is 1. The molecule has 128 valence electrons. The number of hydrogen-bond donors (Lipinski definition) is 1. The SMILES string of the molecule is O=C(CCOCC(F)F)NCC1CCCCC1N1CCCC1. The molecule has 4 nitrogen and oxygen atoms in total. The van der Waals surface area contributed by atoms with E-state index in [0.29, 0.717) is 18.5 Å². The highest BCUT2D eigenvalue weighted by Crippen LogP contribution is 2.30. The van der Waals surface area contributed by atoms with Crippen LogP contribution in [0.15, 0.2) is 0 Å². The minimum absolute atomic E-state index is 0.0659. The van der Waals surface area contributed by atoms with Gasteiger partial charge in [-0.25, -0.2) is 8.78 Å². The molecule has 1 amide bonds. The molecule has 0 spiro atoms. The van der Waals surface area contributed by atoms with Crippen molar-refractivity contribution >= 4 is 5.91 Å². The zero-order chi connectivity index (χ0) is 15.8. The summed E-state index contributed by atoms with van der Waals surface area (Å²) >= 11 is 0. The fourth-order valence-corrected chi connectivity index (χ4v) is 3.65. The van der Waals surface area contributed by atoms with E-state index in [1.54, 1.807) is 0 Å².